The fourth-order valence-corrected chi connectivity index (χ4v) is 2.58. The SMILES string of the molecule is Cc1noc(C)c1CN1CCCC(C(C)O)C1. The van der Waals surface area contributed by atoms with E-state index in [1.165, 1.54) is 12.0 Å². The Kier molecular flexibility index (Phi) is 3.84. The molecule has 4 heteroatoms. The van der Waals surface area contributed by atoms with Crippen LogP contribution in [0.5, 0.6) is 0 Å². The van der Waals surface area contributed by atoms with E-state index in [4.69, 9.17) is 4.52 Å². The molecule has 0 spiro atoms. The number of nitrogens with zero attached hydrogens (tertiary/aromatic N) is 2. The average molecular weight is 238 g/mol. The van der Waals surface area contributed by atoms with Gasteiger partial charge in [0.05, 0.1) is 11.8 Å². The minimum atomic E-state index is -0.206. The summed E-state index contributed by atoms with van der Waals surface area (Å²) in [5.41, 5.74) is 2.19. The van der Waals surface area contributed by atoms with Crippen molar-refractivity contribution in [2.75, 3.05) is 13.1 Å². The zero-order valence-electron chi connectivity index (χ0n) is 10.9. The number of aromatic nitrogens is 1. The third kappa shape index (κ3) is 2.87. The molecule has 2 heterocycles. The molecule has 17 heavy (non-hydrogen) atoms. The molecule has 2 atom stereocenters. The molecule has 4 nitrogen and oxygen atoms in total. The molecule has 0 bridgehead atoms. The molecule has 0 amide bonds. The molecule has 1 aromatic rings. The normalized spacial score (nSPS) is 23.9. The molecule has 2 unspecified atom stereocenters. The number of aryl methyl sites for hydroxylation is 2. The maximum Gasteiger partial charge on any atom is 0.138 e. The first kappa shape index (κ1) is 12.6. The highest BCUT2D eigenvalue weighted by atomic mass is 16.5. The van der Waals surface area contributed by atoms with Crippen molar-refractivity contribution in [1.29, 1.82) is 0 Å². The zero-order chi connectivity index (χ0) is 12.4. The van der Waals surface area contributed by atoms with Crippen LogP contribution in [0.2, 0.25) is 0 Å². The topological polar surface area (TPSA) is 49.5 Å². The van der Waals surface area contributed by atoms with E-state index in [2.05, 4.69) is 10.1 Å². The maximum atomic E-state index is 9.67. The van der Waals surface area contributed by atoms with Gasteiger partial charge < -0.3 is 9.63 Å². The number of hydrogen-bond acceptors (Lipinski definition) is 4. The lowest BCUT2D eigenvalue weighted by atomic mass is 9.93. The van der Waals surface area contributed by atoms with Gasteiger partial charge in [-0.25, -0.2) is 0 Å². The van der Waals surface area contributed by atoms with Crippen LogP contribution in [-0.4, -0.2) is 34.4 Å². The third-order valence-electron chi connectivity index (χ3n) is 3.79. The molecule has 2 rings (SSSR count). The van der Waals surface area contributed by atoms with Gasteiger partial charge in [-0.2, -0.15) is 0 Å². The lowest BCUT2D eigenvalue weighted by Crippen LogP contribution is -2.39. The first-order valence-corrected chi connectivity index (χ1v) is 6.40. The van der Waals surface area contributed by atoms with Crippen LogP contribution in [-0.2, 0) is 6.54 Å². The largest absolute Gasteiger partial charge is 0.393 e. The van der Waals surface area contributed by atoms with E-state index in [0.29, 0.717) is 5.92 Å². The highest BCUT2D eigenvalue weighted by Crippen LogP contribution is 2.23. The number of piperidine rings is 1. The Hall–Kier alpha value is -0.870. The van der Waals surface area contributed by atoms with Crippen LogP contribution in [0.4, 0.5) is 0 Å². The van der Waals surface area contributed by atoms with E-state index in [1.807, 2.05) is 20.8 Å². The summed E-state index contributed by atoms with van der Waals surface area (Å²) in [6.45, 7) is 8.82. The molecule has 0 aliphatic carbocycles. The van der Waals surface area contributed by atoms with Crippen molar-refractivity contribution in [2.24, 2.45) is 5.92 Å². The molecule has 1 aromatic heterocycles. The van der Waals surface area contributed by atoms with Crippen molar-refractivity contribution in [3.63, 3.8) is 0 Å². The predicted molar refractivity (Wildman–Crippen MR) is 65.7 cm³/mol. The molecule has 0 saturated carbocycles. The molecular weight excluding hydrogens is 216 g/mol. The number of aliphatic hydroxyl groups excluding tert-OH is 1. The van der Waals surface area contributed by atoms with Crippen LogP contribution >= 0.6 is 0 Å². The Bertz CT molecular complexity index is 354. The van der Waals surface area contributed by atoms with E-state index in [0.717, 1.165) is 37.5 Å². The van der Waals surface area contributed by atoms with Gasteiger partial charge in [0.15, 0.2) is 0 Å². The van der Waals surface area contributed by atoms with Crippen LogP contribution in [0.1, 0.15) is 36.8 Å². The monoisotopic (exact) mass is 238 g/mol. The Morgan fingerprint density at radius 3 is 2.88 bits per heavy atom. The molecule has 1 saturated heterocycles. The van der Waals surface area contributed by atoms with Gasteiger partial charge in [0.2, 0.25) is 0 Å². The average Bonchev–Trinajstić information content (AvgIpc) is 2.61. The Balaban J connectivity index is 1.99. The fourth-order valence-electron chi connectivity index (χ4n) is 2.58. The molecule has 96 valence electrons. The summed E-state index contributed by atoms with van der Waals surface area (Å²) in [4.78, 5) is 2.40. The van der Waals surface area contributed by atoms with Crippen molar-refractivity contribution in [3.05, 3.63) is 17.0 Å². The molecule has 1 fully saturated rings. The van der Waals surface area contributed by atoms with Crippen molar-refractivity contribution in [2.45, 2.75) is 46.3 Å². The van der Waals surface area contributed by atoms with E-state index in [1.54, 1.807) is 0 Å². The fraction of sp³-hybridized carbons (Fsp3) is 0.769. The summed E-state index contributed by atoms with van der Waals surface area (Å²) in [7, 11) is 0. The van der Waals surface area contributed by atoms with E-state index in [-0.39, 0.29) is 6.10 Å². The zero-order valence-corrected chi connectivity index (χ0v) is 10.9. The third-order valence-corrected chi connectivity index (χ3v) is 3.79. The second kappa shape index (κ2) is 5.19. The maximum absolute atomic E-state index is 9.67. The smallest absolute Gasteiger partial charge is 0.138 e. The molecule has 0 aromatic carbocycles. The van der Waals surface area contributed by atoms with E-state index in [9.17, 15) is 5.11 Å². The van der Waals surface area contributed by atoms with Gasteiger partial charge in [-0.15, -0.1) is 0 Å². The van der Waals surface area contributed by atoms with Gasteiger partial charge >= 0.3 is 0 Å². The van der Waals surface area contributed by atoms with Gasteiger partial charge in [-0.1, -0.05) is 5.16 Å². The van der Waals surface area contributed by atoms with Crippen molar-refractivity contribution in [3.8, 4) is 0 Å². The molecule has 1 aliphatic heterocycles. The van der Waals surface area contributed by atoms with Crippen molar-refractivity contribution in [1.82, 2.24) is 10.1 Å². The second-order valence-corrected chi connectivity index (χ2v) is 5.18. The van der Waals surface area contributed by atoms with Crippen LogP contribution in [0.15, 0.2) is 4.52 Å². The Morgan fingerprint density at radius 2 is 2.29 bits per heavy atom. The molecule has 0 radical (unpaired) electrons. The number of aliphatic hydroxyl groups is 1. The summed E-state index contributed by atoms with van der Waals surface area (Å²) in [5, 5.41) is 13.7. The number of likely N-dealkylation sites (tertiary alicyclic amines) is 1. The van der Waals surface area contributed by atoms with Gasteiger partial charge in [0.25, 0.3) is 0 Å². The molecular formula is C13H22N2O2. The highest BCUT2D eigenvalue weighted by molar-refractivity contribution is 5.20. The minimum absolute atomic E-state index is 0.206. The summed E-state index contributed by atoms with van der Waals surface area (Å²) >= 11 is 0. The number of rotatable bonds is 3. The van der Waals surface area contributed by atoms with Crippen LogP contribution < -0.4 is 0 Å². The summed E-state index contributed by atoms with van der Waals surface area (Å²) in [6.07, 6.45) is 2.09. The predicted octanol–water partition coefficient (Wildman–Crippen LogP) is 1.88. The van der Waals surface area contributed by atoms with Gasteiger partial charge in [-0.05, 0) is 46.1 Å². The lowest BCUT2D eigenvalue weighted by Gasteiger charge is -2.34. The standard InChI is InChI=1S/C13H22N2O2/c1-9-13(11(3)17-14-9)8-15-6-4-5-12(7-15)10(2)16/h10,12,16H,4-8H2,1-3H3. The van der Waals surface area contributed by atoms with Gasteiger partial charge in [-0.3, -0.25) is 4.90 Å². The lowest BCUT2D eigenvalue weighted by molar-refractivity contribution is 0.0597. The first-order valence-electron chi connectivity index (χ1n) is 6.40. The van der Waals surface area contributed by atoms with Crippen LogP contribution in [0.25, 0.3) is 0 Å². The van der Waals surface area contributed by atoms with Crippen molar-refractivity contribution < 1.29 is 9.63 Å². The van der Waals surface area contributed by atoms with Gasteiger partial charge in [0.1, 0.15) is 5.76 Å². The number of hydrogen-bond donors (Lipinski definition) is 1. The Morgan fingerprint density at radius 1 is 1.53 bits per heavy atom. The van der Waals surface area contributed by atoms with Crippen molar-refractivity contribution >= 4 is 0 Å². The summed E-state index contributed by atoms with van der Waals surface area (Å²) in [6, 6.07) is 0. The van der Waals surface area contributed by atoms with Crippen LogP contribution in [0, 0.1) is 19.8 Å². The highest BCUT2D eigenvalue weighted by Gasteiger charge is 2.24. The van der Waals surface area contributed by atoms with E-state index < -0.39 is 0 Å². The second-order valence-electron chi connectivity index (χ2n) is 5.18. The van der Waals surface area contributed by atoms with Crippen LogP contribution in [0.3, 0.4) is 0 Å². The summed E-state index contributed by atoms with van der Waals surface area (Å²) in [5.74, 6) is 1.32. The first-order chi connectivity index (χ1) is 8.08. The molecule has 1 N–H and O–H groups in total. The quantitative estimate of drug-likeness (QED) is 0.873. The summed E-state index contributed by atoms with van der Waals surface area (Å²) < 4.78 is 5.19. The van der Waals surface area contributed by atoms with E-state index >= 15 is 0 Å². The Labute approximate surface area is 103 Å². The molecule has 1 aliphatic rings. The van der Waals surface area contributed by atoms with Gasteiger partial charge in [0, 0.05) is 18.7 Å². The minimum Gasteiger partial charge on any atom is -0.393 e.